The van der Waals surface area contributed by atoms with Crippen molar-refractivity contribution in [1.82, 2.24) is 14.5 Å². The van der Waals surface area contributed by atoms with Crippen LogP contribution in [-0.4, -0.2) is 27.7 Å². The SMILES string of the molecule is CCCOCCn1ccc2ncnc(Nc3ccc(Oc4cccc(C(F)(F)F)c4)c(Cl)c3)c21. The molecule has 10 heteroatoms. The molecular weight excluding hydrogens is 469 g/mol. The number of ether oxygens (including phenoxy) is 2. The fourth-order valence-corrected chi connectivity index (χ4v) is 3.60. The monoisotopic (exact) mass is 490 g/mol. The van der Waals surface area contributed by atoms with Crippen molar-refractivity contribution in [2.24, 2.45) is 0 Å². The van der Waals surface area contributed by atoms with Gasteiger partial charge in [-0.05, 0) is 48.9 Å². The number of hydrogen-bond donors (Lipinski definition) is 1. The largest absolute Gasteiger partial charge is 0.456 e. The van der Waals surface area contributed by atoms with Gasteiger partial charge >= 0.3 is 6.18 Å². The minimum Gasteiger partial charge on any atom is -0.456 e. The molecule has 0 saturated carbocycles. The number of rotatable bonds is 9. The van der Waals surface area contributed by atoms with E-state index in [1.54, 1.807) is 18.2 Å². The standard InChI is InChI=1S/C24H22ClF3N4O2/c1-2-11-33-12-10-32-9-8-20-22(32)23(30-15-29-20)31-17-6-7-21(19(25)14-17)34-18-5-3-4-16(13-18)24(26,27)28/h3-9,13-15H,2,10-12H2,1H3,(H,29,30,31). The summed E-state index contributed by atoms with van der Waals surface area (Å²) in [6.45, 7) is 3.98. The van der Waals surface area contributed by atoms with Crippen molar-refractivity contribution in [3.63, 3.8) is 0 Å². The van der Waals surface area contributed by atoms with Crippen LogP contribution in [0.1, 0.15) is 18.9 Å². The summed E-state index contributed by atoms with van der Waals surface area (Å²) < 4.78 is 52.1. The van der Waals surface area contributed by atoms with Crippen LogP contribution < -0.4 is 10.1 Å². The molecule has 0 saturated heterocycles. The van der Waals surface area contributed by atoms with Gasteiger partial charge in [-0.3, -0.25) is 0 Å². The zero-order valence-corrected chi connectivity index (χ0v) is 19.0. The summed E-state index contributed by atoms with van der Waals surface area (Å²) in [4.78, 5) is 8.68. The molecule has 0 aliphatic carbocycles. The van der Waals surface area contributed by atoms with Gasteiger partial charge in [0.2, 0.25) is 0 Å². The van der Waals surface area contributed by atoms with Crippen molar-refractivity contribution in [3.05, 3.63) is 71.6 Å². The van der Waals surface area contributed by atoms with Crippen molar-refractivity contribution in [3.8, 4) is 11.5 Å². The number of alkyl halides is 3. The van der Waals surface area contributed by atoms with Crippen molar-refractivity contribution in [1.29, 1.82) is 0 Å². The van der Waals surface area contributed by atoms with Crippen LogP contribution in [-0.2, 0) is 17.5 Å². The van der Waals surface area contributed by atoms with Crippen LogP contribution in [0.5, 0.6) is 11.5 Å². The molecule has 6 nitrogen and oxygen atoms in total. The van der Waals surface area contributed by atoms with Crippen molar-refractivity contribution in [2.75, 3.05) is 18.5 Å². The quantitative estimate of drug-likeness (QED) is 0.254. The van der Waals surface area contributed by atoms with Crippen LogP contribution >= 0.6 is 11.6 Å². The summed E-state index contributed by atoms with van der Waals surface area (Å²) in [6.07, 6.45) is -0.107. The number of nitrogens with one attached hydrogen (secondary N) is 1. The topological polar surface area (TPSA) is 61.2 Å². The lowest BCUT2D eigenvalue weighted by Gasteiger charge is -2.13. The predicted octanol–water partition coefficient (Wildman–Crippen LogP) is 7.07. The molecule has 0 aliphatic rings. The molecule has 0 fully saturated rings. The molecule has 0 unspecified atom stereocenters. The molecule has 4 rings (SSSR count). The Morgan fingerprint density at radius 3 is 2.68 bits per heavy atom. The normalized spacial score (nSPS) is 11.7. The molecule has 2 aromatic carbocycles. The van der Waals surface area contributed by atoms with Crippen molar-refractivity contribution in [2.45, 2.75) is 26.1 Å². The molecule has 1 N–H and O–H groups in total. The first-order chi connectivity index (χ1) is 16.3. The second-order valence-electron chi connectivity index (χ2n) is 7.48. The van der Waals surface area contributed by atoms with Gasteiger partial charge in [0.05, 0.1) is 22.7 Å². The predicted molar refractivity (Wildman–Crippen MR) is 125 cm³/mol. The fraction of sp³-hybridized carbons (Fsp3) is 0.250. The van der Waals surface area contributed by atoms with E-state index in [2.05, 4.69) is 22.2 Å². The maximum absolute atomic E-state index is 13.0. The first-order valence-electron chi connectivity index (χ1n) is 10.6. The maximum atomic E-state index is 13.0. The zero-order valence-electron chi connectivity index (χ0n) is 18.3. The molecule has 0 atom stereocenters. The molecule has 2 heterocycles. The minimum atomic E-state index is -4.46. The Morgan fingerprint density at radius 2 is 1.91 bits per heavy atom. The lowest BCUT2D eigenvalue weighted by Crippen LogP contribution is -2.07. The van der Waals surface area contributed by atoms with Gasteiger partial charge in [0, 0.05) is 25.0 Å². The lowest BCUT2D eigenvalue weighted by molar-refractivity contribution is -0.137. The number of aromatic nitrogens is 3. The average molecular weight is 491 g/mol. The Labute approximate surface area is 199 Å². The molecule has 0 spiro atoms. The fourth-order valence-electron chi connectivity index (χ4n) is 3.38. The van der Waals surface area contributed by atoms with Gasteiger partial charge in [-0.2, -0.15) is 13.2 Å². The smallest absolute Gasteiger partial charge is 0.416 e. The highest BCUT2D eigenvalue weighted by atomic mass is 35.5. The summed E-state index contributed by atoms with van der Waals surface area (Å²) in [5, 5.41) is 3.47. The van der Waals surface area contributed by atoms with Crippen LogP contribution in [0.25, 0.3) is 11.0 Å². The van der Waals surface area contributed by atoms with Crippen molar-refractivity contribution >= 4 is 34.1 Å². The Balaban J connectivity index is 1.52. The van der Waals surface area contributed by atoms with Gasteiger partial charge in [0.15, 0.2) is 5.82 Å². The van der Waals surface area contributed by atoms with E-state index >= 15 is 0 Å². The molecule has 0 bridgehead atoms. The van der Waals surface area contributed by atoms with E-state index in [0.29, 0.717) is 31.3 Å². The Hall–Kier alpha value is -3.30. The zero-order chi connectivity index (χ0) is 24.1. The van der Waals surface area contributed by atoms with Crippen LogP contribution in [0, 0.1) is 0 Å². The summed E-state index contributed by atoms with van der Waals surface area (Å²) in [5.74, 6) is 0.863. The highest BCUT2D eigenvalue weighted by Gasteiger charge is 2.30. The third-order valence-electron chi connectivity index (χ3n) is 4.96. The maximum Gasteiger partial charge on any atom is 0.416 e. The molecule has 0 aliphatic heterocycles. The van der Waals surface area contributed by atoms with Crippen LogP contribution in [0.2, 0.25) is 5.02 Å². The van der Waals surface area contributed by atoms with E-state index in [0.717, 1.165) is 29.6 Å². The Morgan fingerprint density at radius 1 is 1.06 bits per heavy atom. The highest BCUT2D eigenvalue weighted by Crippen LogP contribution is 2.36. The van der Waals surface area contributed by atoms with Gasteiger partial charge in [-0.1, -0.05) is 24.6 Å². The van der Waals surface area contributed by atoms with E-state index in [-0.39, 0.29) is 16.5 Å². The Bertz CT molecular complexity index is 1280. The summed E-state index contributed by atoms with van der Waals surface area (Å²) >= 11 is 6.36. The van der Waals surface area contributed by atoms with Crippen LogP contribution in [0.15, 0.2) is 61.1 Å². The second-order valence-corrected chi connectivity index (χ2v) is 7.88. The lowest BCUT2D eigenvalue weighted by atomic mass is 10.2. The van der Waals surface area contributed by atoms with Crippen molar-refractivity contribution < 1.29 is 22.6 Å². The third kappa shape index (κ3) is 5.60. The van der Waals surface area contributed by atoms with Gasteiger partial charge in [0.1, 0.15) is 23.3 Å². The average Bonchev–Trinajstić information content (AvgIpc) is 3.22. The second kappa shape index (κ2) is 10.3. The van der Waals surface area contributed by atoms with Gasteiger partial charge < -0.3 is 19.4 Å². The molecular formula is C24H22ClF3N4O2. The van der Waals surface area contributed by atoms with E-state index in [9.17, 15) is 13.2 Å². The highest BCUT2D eigenvalue weighted by molar-refractivity contribution is 6.32. The molecule has 2 aromatic heterocycles. The molecule has 34 heavy (non-hydrogen) atoms. The number of anilines is 2. The van der Waals surface area contributed by atoms with Gasteiger partial charge in [-0.25, -0.2) is 9.97 Å². The van der Waals surface area contributed by atoms with E-state index < -0.39 is 11.7 Å². The van der Waals surface area contributed by atoms with Crippen LogP contribution in [0.4, 0.5) is 24.7 Å². The summed E-state index contributed by atoms with van der Waals surface area (Å²) in [5.41, 5.74) is 1.44. The van der Waals surface area contributed by atoms with E-state index in [1.807, 2.05) is 16.8 Å². The number of fused-ring (bicyclic) bond motifs is 1. The summed E-state index contributed by atoms with van der Waals surface area (Å²) in [7, 11) is 0. The molecule has 178 valence electrons. The van der Waals surface area contributed by atoms with Crippen LogP contribution in [0.3, 0.4) is 0 Å². The van der Waals surface area contributed by atoms with E-state index in [1.165, 1.54) is 18.5 Å². The Kier molecular flexibility index (Phi) is 7.23. The van der Waals surface area contributed by atoms with Gasteiger partial charge in [-0.15, -0.1) is 0 Å². The first kappa shape index (κ1) is 23.8. The minimum absolute atomic E-state index is 0.0399. The van der Waals surface area contributed by atoms with Gasteiger partial charge in [0.25, 0.3) is 0 Å². The molecule has 0 amide bonds. The summed E-state index contributed by atoms with van der Waals surface area (Å²) in [6, 6.07) is 11.4. The first-order valence-corrected chi connectivity index (χ1v) is 11.0. The number of halogens is 4. The number of benzene rings is 2. The molecule has 0 radical (unpaired) electrons. The number of nitrogens with zero attached hydrogens (tertiary/aromatic N) is 3. The molecule has 4 aromatic rings. The van der Waals surface area contributed by atoms with E-state index in [4.69, 9.17) is 21.1 Å². The third-order valence-corrected chi connectivity index (χ3v) is 5.25. The number of hydrogen-bond acceptors (Lipinski definition) is 5.